The van der Waals surface area contributed by atoms with Crippen molar-refractivity contribution in [1.29, 1.82) is 0 Å². The zero-order valence-electron chi connectivity index (χ0n) is 20.3. The maximum Gasteiger partial charge on any atom is 0.350 e. The number of benzene rings is 4. The molecule has 1 aromatic heterocycles. The molecule has 39 heavy (non-hydrogen) atoms. The molecular formula is C29H20N4O6. The van der Waals surface area contributed by atoms with E-state index in [1.165, 1.54) is 42.6 Å². The molecule has 192 valence electrons. The third kappa shape index (κ3) is 5.25. The smallest absolute Gasteiger partial charge is 0.350 e. The van der Waals surface area contributed by atoms with Gasteiger partial charge >= 0.3 is 5.97 Å². The lowest BCUT2D eigenvalue weighted by Crippen LogP contribution is -2.25. The zero-order chi connectivity index (χ0) is 27.4. The van der Waals surface area contributed by atoms with Gasteiger partial charge in [-0.15, -0.1) is 0 Å². The summed E-state index contributed by atoms with van der Waals surface area (Å²) in [5.74, 6) is -1.05. The van der Waals surface area contributed by atoms with Crippen molar-refractivity contribution in [3.8, 4) is 5.75 Å². The van der Waals surface area contributed by atoms with Crippen molar-refractivity contribution in [3.63, 3.8) is 0 Å². The van der Waals surface area contributed by atoms with Gasteiger partial charge in [-0.1, -0.05) is 36.4 Å². The summed E-state index contributed by atoms with van der Waals surface area (Å²) in [5.41, 5.74) is 3.80. The van der Waals surface area contributed by atoms with Crippen molar-refractivity contribution < 1.29 is 19.2 Å². The number of carbonyl (C=O) groups is 2. The Hall–Kier alpha value is -5.64. The molecule has 0 bridgehead atoms. The van der Waals surface area contributed by atoms with E-state index in [-0.39, 0.29) is 34.9 Å². The van der Waals surface area contributed by atoms with Crippen LogP contribution in [-0.2, 0) is 11.3 Å². The second-order valence-corrected chi connectivity index (χ2v) is 8.48. The highest BCUT2D eigenvalue weighted by atomic mass is 16.6. The first-order valence-corrected chi connectivity index (χ1v) is 11.8. The first-order chi connectivity index (χ1) is 18.9. The lowest BCUT2D eigenvalue weighted by Gasteiger charge is -2.14. The third-order valence-electron chi connectivity index (χ3n) is 5.99. The first kappa shape index (κ1) is 25.0. The largest absolute Gasteiger partial charge is 0.423 e. The van der Waals surface area contributed by atoms with Crippen LogP contribution in [0, 0.1) is 10.1 Å². The van der Waals surface area contributed by atoms with Gasteiger partial charge in [-0.25, -0.2) is 10.2 Å². The van der Waals surface area contributed by atoms with E-state index in [9.17, 15) is 24.5 Å². The molecule has 0 saturated carbocycles. The average molecular weight is 521 g/mol. The number of hydrogen-bond donors (Lipinski definition) is 1. The van der Waals surface area contributed by atoms with E-state index in [1.807, 2.05) is 12.1 Å². The van der Waals surface area contributed by atoms with Crippen molar-refractivity contribution in [1.82, 2.24) is 9.99 Å². The minimum Gasteiger partial charge on any atom is -0.423 e. The van der Waals surface area contributed by atoms with Gasteiger partial charge in [0.05, 0.1) is 22.2 Å². The van der Waals surface area contributed by atoms with E-state index in [4.69, 9.17) is 4.74 Å². The molecule has 1 heterocycles. The Labute approximate surface area is 220 Å². The van der Waals surface area contributed by atoms with Crippen molar-refractivity contribution >= 4 is 45.6 Å². The molecule has 0 saturated heterocycles. The number of ether oxygens (including phenoxy) is 1. The Morgan fingerprint density at radius 2 is 1.46 bits per heavy atom. The molecule has 0 aliphatic carbocycles. The van der Waals surface area contributed by atoms with Crippen molar-refractivity contribution in [2.45, 2.75) is 6.54 Å². The zero-order valence-corrected chi connectivity index (χ0v) is 20.3. The summed E-state index contributed by atoms with van der Waals surface area (Å²) in [7, 11) is 0. The van der Waals surface area contributed by atoms with E-state index in [1.54, 1.807) is 53.1 Å². The van der Waals surface area contributed by atoms with Crippen LogP contribution in [0.5, 0.6) is 5.75 Å². The molecule has 0 atom stereocenters. The van der Waals surface area contributed by atoms with E-state index < -0.39 is 10.9 Å². The maximum atomic E-state index is 12.9. The molecule has 0 radical (unpaired) electrons. The maximum absolute atomic E-state index is 12.9. The predicted octanol–water partition coefficient (Wildman–Crippen LogP) is 4.43. The Morgan fingerprint density at radius 1 is 0.872 bits per heavy atom. The fraction of sp³-hybridized carbons (Fsp3) is 0.0345. The number of nitrogens with zero attached hydrogens (tertiary/aromatic N) is 3. The van der Waals surface area contributed by atoms with Crippen molar-refractivity contribution in [2.75, 3.05) is 0 Å². The SMILES string of the molecule is O=C(Cn1c2ccccc2c(=O)c2ccccc21)N/N=C\c1ccc(OC(=O)c2ccccc2[N+](=O)[O-])cc1. The number of amides is 1. The molecule has 0 spiro atoms. The third-order valence-corrected chi connectivity index (χ3v) is 5.99. The number of para-hydroxylation sites is 3. The topological polar surface area (TPSA) is 133 Å². The number of rotatable bonds is 7. The predicted molar refractivity (Wildman–Crippen MR) is 146 cm³/mol. The number of nitro benzene ring substituents is 1. The van der Waals surface area contributed by atoms with Crippen molar-refractivity contribution in [2.24, 2.45) is 5.10 Å². The first-order valence-electron chi connectivity index (χ1n) is 11.8. The van der Waals surface area contributed by atoms with Gasteiger partial charge in [-0.2, -0.15) is 5.10 Å². The van der Waals surface area contributed by atoms with Crippen LogP contribution in [0.15, 0.2) is 107 Å². The van der Waals surface area contributed by atoms with Gasteiger partial charge in [-0.3, -0.25) is 19.7 Å². The molecule has 0 unspecified atom stereocenters. The average Bonchev–Trinajstić information content (AvgIpc) is 2.96. The second kappa shape index (κ2) is 10.8. The van der Waals surface area contributed by atoms with Crippen LogP contribution in [0.1, 0.15) is 15.9 Å². The summed E-state index contributed by atoms with van der Waals surface area (Å²) in [6.07, 6.45) is 1.42. The highest BCUT2D eigenvalue weighted by molar-refractivity contribution is 5.96. The highest BCUT2D eigenvalue weighted by Gasteiger charge is 2.21. The molecule has 1 N–H and O–H groups in total. The van der Waals surface area contributed by atoms with Gasteiger partial charge in [-0.05, 0) is 60.2 Å². The quantitative estimate of drug-likeness (QED) is 0.0843. The second-order valence-electron chi connectivity index (χ2n) is 8.48. The lowest BCUT2D eigenvalue weighted by atomic mass is 10.1. The number of esters is 1. The van der Waals surface area contributed by atoms with Gasteiger partial charge in [0.15, 0.2) is 5.43 Å². The van der Waals surface area contributed by atoms with Gasteiger partial charge in [0.25, 0.3) is 11.6 Å². The summed E-state index contributed by atoms with van der Waals surface area (Å²) < 4.78 is 7.03. The lowest BCUT2D eigenvalue weighted by molar-refractivity contribution is -0.385. The number of hydrazone groups is 1. The summed E-state index contributed by atoms with van der Waals surface area (Å²) in [6.45, 7) is -0.0564. The molecule has 5 rings (SSSR count). The summed E-state index contributed by atoms with van der Waals surface area (Å²) in [5, 5.41) is 16.2. The van der Waals surface area contributed by atoms with E-state index in [0.29, 0.717) is 27.4 Å². The molecule has 10 heteroatoms. The molecule has 1 amide bonds. The Balaban J connectivity index is 1.26. The normalized spacial score (nSPS) is 11.1. The van der Waals surface area contributed by atoms with Gasteiger partial charge in [0.2, 0.25) is 0 Å². The fourth-order valence-corrected chi connectivity index (χ4v) is 4.19. The Bertz CT molecular complexity index is 1770. The number of aromatic nitrogens is 1. The Morgan fingerprint density at radius 3 is 2.10 bits per heavy atom. The van der Waals surface area contributed by atoms with Gasteiger partial charge in [0.1, 0.15) is 17.9 Å². The number of pyridine rings is 1. The highest BCUT2D eigenvalue weighted by Crippen LogP contribution is 2.21. The van der Waals surface area contributed by atoms with Gasteiger partial charge < -0.3 is 9.30 Å². The van der Waals surface area contributed by atoms with E-state index in [0.717, 1.165) is 0 Å². The molecule has 4 aromatic carbocycles. The van der Waals surface area contributed by atoms with Crippen LogP contribution in [0.3, 0.4) is 0 Å². The number of fused-ring (bicyclic) bond motifs is 2. The molecule has 0 aliphatic heterocycles. The standard InChI is InChI=1S/C29H20N4O6/c34-27(18-32-24-10-4-1-7-21(24)28(35)22-8-2-5-11-25(22)32)31-30-17-19-13-15-20(16-14-19)39-29(36)23-9-3-6-12-26(23)33(37)38/h1-17H,18H2,(H,31,34)/b30-17-. The van der Waals surface area contributed by atoms with Crippen LogP contribution in [-0.4, -0.2) is 27.6 Å². The van der Waals surface area contributed by atoms with Gasteiger partial charge in [0, 0.05) is 16.8 Å². The Kier molecular flexibility index (Phi) is 6.91. The van der Waals surface area contributed by atoms with Crippen LogP contribution in [0.2, 0.25) is 0 Å². The van der Waals surface area contributed by atoms with Crippen LogP contribution >= 0.6 is 0 Å². The number of hydrogen-bond acceptors (Lipinski definition) is 7. The van der Waals surface area contributed by atoms with E-state index >= 15 is 0 Å². The minimum absolute atomic E-state index is 0.0564. The van der Waals surface area contributed by atoms with Crippen LogP contribution in [0.4, 0.5) is 5.69 Å². The minimum atomic E-state index is -0.849. The molecule has 0 fully saturated rings. The van der Waals surface area contributed by atoms with Crippen molar-refractivity contribution in [3.05, 3.63) is 129 Å². The molecular weight excluding hydrogens is 500 g/mol. The van der Waals surface area contributed by atoms with Crippen LogP contribution in [0.25, 0.3) is 21.8 Å². The monoisotopic (exact) mass is 520 g/mol. The molecule has 10 nitrogen and oxygen atoms in total. The summed E-state index contributed by atoms with van der Waals surface area (Å²) in [4.78, 5) is 48.5. The summed E-state index contributed by atoms with van der Waals surface area (Å²) in [6, 6.07) is 26.0. The molecule has 5 aromatic rings. The number of nitro groups is 1. The molecule has 0 aliphatic rings. The summed E-state index contributed by atoms with van der Waals surface area (Å²) >= 11 is 0. The number of carbonyl (C=O) groups excluding carboxylic acids is 2. The van der Waals surface area contributed by atoms with E-state index in [2.05, 4.69) is 10.5 Å². The fourth-order valence-electron chi connectivity index (χ4n) is 4.19. The van der Waals surface area contributed by atoms with Crippen LogP contribution < -0.4 is 15.6 Å². The number of nitrogens with one attached hydrogen (secondary N) is 1.